The van der Waals surface area contributed by atoms with Crippen LogP contribution in [0.4, 0.5) is 5.69 Å². The molecule has 7 nitrogen and oxygen atoms in total. The highest BCUT2D eigenvalue weighted by molar-refractivity contribution is 6.31. The van der Waals surface area contributed by atoms with Gasteiger partial charge in [-0.25, -0.2) is 0 Å². The molecule has 2 amide bonds. The number of hydrazone groups is 1. The van der Waals surface area contributed by atoms with E-state index in [1.807, 2.05) is 34.6 Å². The highest BCUT2D eigenvalue weighted by atomic mass is 16.5. The minimum Gasteiger partial charge on any atom is -0.487 e. The topological polar surface area (TPSA) is 97.3 Å². The number of imide groups is 1. The summed E-state index contributed by atoms with van der Waals surface area (Å²) in [6.07, 6.45) is 3.06. The van der Waals surface area contributed by atoms with E-state index in [9.17, 15) is 9.59 Å². The Labute approximate surface area is 176 Å². The molecule has 1 aromatic rings. The molecule has 1 rings (SSSR count). The molecule has 1 aromatic carbocycles. The molecule has 0 aliphatic rings. The van der Waals surface area contributed by atoms with E-state index in [1.165, 1.54) is 4.90 Å². The average Bonchev–Trinajstić information content (AvgIpc) is 2.79. The van der Waals surface area contributed by atoms with Gasteiger partial charge in [-0.1, -0.05) is 48.5 Å². The molecule has 0 heterocycles. The van der Waals surface area contributed by atoms with E-state index in [0.717, 1.165) is 6.42 Å². The number of carbonyl (C=O) groups is 2. The number of nitrogens with two attached hydrogens (primary N) is 1. The highest BCUT2D eigenvalue weighted by Crippen LogP contribution is 2.21. The number of nitrogens with zero attached hydrogens (tertiary/aromatic N) is 3. The van der Waals surface area contributed by atoms with E-state index >= 15 is 0 Å². The van der Waals surface area contributed by atoms with Crippen LogP contribution in [0, 0.1) is 0 Å². The number of rotatable bonds is 9. The van der Waals surface area contributed by atoms with Gasteiger partial charge in [0.2, 0.25) is 11.8 Å². The molecule has 0 bridgehead atoms. The Morgan fingerprint density at radius 2 is 1.52 bits per heavy atom. The molecule has 0 spiro atoms. The van der Waals surface area contributed by atoms with Gasteiger partial charge in [-0.2, -0.15) is 5.10 Å². The standard InChI is InChI=1S/C18H26N4O3.2C2H6/c1-4-11-20-12-14(21-19)13-25-16-9-7-15(8-10-16)22(17(23)5-2)18(24)6-3;2*1-2/h7-10,12H,4-6,11,13,19H2,1-3H3;2*1-2H3/b20-12?,21-14+;;. The van der Waals surface area contributed by atoms with Crippen molar-refractivity contribution in [1.82, 2.24) is 0 Å². The van der Waals surface area contributed by atoms with Crippen molar-refractivity contribution >= 4 is 29.4 Å². The van der Waals surface area contributed by atoms with Crippen molar-refractivity contribution in [3.05, 3.63) is 24.3 Å². The van der Waals surface area contributed by atoms with Gasteiger partial charge in [0, 0.05) is 25.6 Å². The van der Waals surface area contributed by atoms with Gasteiger partial charge in [0.15, 0.2) is 0 Å². The summed E-state index contributed by atoms with van der Waals surface area (Å²) < 4.78 is 5.61. The molecule has 164 valence electrons. The summed E-state index contributed by atoms with van der Waals surface area (Å²) in [7, 11) is 0. The maximum Gasteiger partial charge on any atom is 0.233 e. The largest absolute Gasteiger partial charge is 0.487 e. The zero-order valence-electron chi connectivity index (χ0n) is 19.1. The maximum atomic E-state index is 12.0. The molecule has 0 aromatic heterocycles. The minimum absolute atomic E-state index is 0.189. The van der Waals surface area contributed by atoms with Gasteiger partial charge in [0.25, 0.3) is 0 Å². The van der Waals surface area contributed by atoms with Gasteiger partial charge in [0.05, 0.1) is 5.69 Å². The normalized spacial score (nSPS) is 10.4. The molecule has 0 fully saturated rings. The maximum absolute atomic E-state index is 12.0. The zero-order chi connectivity index (χ0) is 22.7. The van der Waals surface area contributed by atoms with Crippen LogP contribution >= 0.6 is 0 Å². The van der Waals surface area contributed by atoms with E-state index < -0.39 is 0 Å². The quantitative estimate of drug-likeness (QED) is 0.368. The van der Waals surface area contributed by atoms with Gasteiger partial charge in [-0.05, 0) is 30.7 Å². The van der Waals surface area contributed by atoms with Gasteiger partial charge in [-0.15, -0.1) is 0 Å². The summed E-state index contributed by atoms with van der Waals surface area (Å²) in [6, 6.07) is 6.76. The average molecular weight is 407 g/mol. The number of hydrogen-bond acceptors (Lipinski definition) is 6. The van der Waals surface area contributed by atoms with Crippen LogP contribution in [0.2, 0.25) is 0 Å². The summed E-state index contributed by atoms with van der Waals surface area (Å²) in [5.74, 6) is 5.44. The minimum atomic E-state index is -0.231. The lowest BCUT2D eigenvalue weighted by molar-refractivity contribution is -0.126. The summed E-state index contributed by atoms with van der Waals surface area (Å²) >= 11 is 0. The Morgan fingerprint density at radius 1 is 1.00 bits per heavy atom. The fourth-order valence-electron chi connectivity index (χ4n) is 2.00. The second-order valence-electron chi connectivity index (χ2n) is 5.27. The van der Waals surface area contributed by atoms with Crippen molar-refractivity contribution in [1.29, 1.82) is 0 Å². The van der Waals surface area contributed by atoms with Gasteiger partial charge in [-0.3, -0.25) is 19.5 Å². The first-order chi connectivity index (χ1) is 14.1. The predicted molar refractivity (Wildman–Crippen MR) is 123 cm³/mol. The lowest BCUT2D eigenvalue weighted by Crippen LogP contribution is -2.35. The van der Waals surface area contributed by atoms with Crippen LogP contribution in [0.15, 0.2) is 34.4 Å². The van der Waals surface area contributed by atoms with Crippen molar-refractivity contribution in [3.63, 3.8) is 0 Å². The molecule has 0 aliphatic carbocycles. The molecule has 0 atom stereocenters. The monoisotopic (exact) mass is 406 g/mol. The summed E-state index contributed by atoms with van der Waals surface area (Å²) in [5.41, 5.74) is 1.06. The van der Waals surface area contributed by atoms with Crippen molar-refractivity contribution < 1.29 is 14.3 Å². The van der Waals surface area contributed by atoms with Crippen molar-refractivity contribution in [2.75, 3.05) is 18.1 Å². The smallest absolute Gasteiger partial charge is 0.233 e. The van der Waals surface area contributed by atoms with E-state index in [-0.39, 0.29) is 31.3 Å². The number of ether oxygens (including phenoxy) is 1. The molecule has 0 unspecified atom stereocenters. The van der Waals surface area contributed by atoms with Crippen LogP contribution < -0.4 is 15.5 Å². The molecule has 0 saturated carbocycles. The van der Waals surface area contributed by atoms with Crippen LogP contribution in [0.25, 0.3) is 0 Å². The number of amides is 2. The number of anilines is 1. The summed E-state index contributed by atoms with van der Waals surface area (Å²) in [5, 5.41) is 3.63. The van der Waals surface area contributed by atoms with Gasteiger partial charge < -0.3 is 10.6 Å². The number of aliphatic imine (C=N–C) groups is 1. The number of carbonyl (C=O) groups excluding carboxylic acids is 2. The fourth-order valence-corrected chi connectivity index (χ4v) is 2.00. The summed E-state index contributed by atoms with van der Waals surface area (Å²) in [6.45, 7) is 14.4. The van der Waals surface area contributed by atoms with Crippen LogP contribution in [0.5, 0.6) is 5.75 Å². The first kappa shape index (κ1) is 28.5. The SMILES string of the molecule is CC.CC.CCCN=C/C(COc1ccc(N(C(=O)CC)C(=O)CC)cc1)=N\N. The van der Waals surface area contributed by atoms with Crippen molar-refractivity contribution in [2.24, 2.45) is 15.9 Å². The lowest BCUT2D eigenvalue weighted by atomic mass is 10.2. The van der Waals surface area contributed by atoms with E-state index in [0.29, 0.717) is 23.7 Å². The van der Waals surface area contributed by atoms with Crippen LogP contribution in [0.3, 0.4) is 0 Å². The van der Waals surface area contributed by atoms with E-state index in [4.69, 9.17) is 10.6 Å². The van der Waals surface area contributed by atoms with Crippen LogP contribution in [0.1, 0.15) is 67.7 Å². The predicted octanol–water partition coefficient (Wildman–Crippen LogP) is 4.59. The van der Waals surface area contributed by atoms with Crippen LogP contribution in [-0.4, -0.2) is 36.9 Å². The van der Waals surface area contributed by atoms with E-state index in [1.54, 1.807) is 44.3 Å². The first-order valence-electron chi connectivity index (χ1n) is 10.4. The Morgan fingerprint density at radius 3 is 1.93 bits per heavy atom. The summed E-state index contributed by atoms with van der Waals surface area (Å²) in [4.78, 5) is 29.4. The van der Waals surface area contributed by atoms with Crippen molar-refractivity contribution in [2.45, 2.75) is 67.7 Å². The molecule has 0 aliphatic heterocycles. The number of benzene rings is 1. The zero-order valence-corrected chi connectivity index (χ0v) is 19.1. The van der Waals surface area contributed by atoms with Crippen LogP contribution in [-0.2, 0) is 9.59 Å². The second kappa shape index (κ2) is 18.7. The second-order valence-corrected chi connectivity index (χ2v) is 5.27. The highest BCUT2D eigenvalue weighted by Gasteiger charge is 2.20. The fraction of sp³-hybridized carbons (Fsp3) is 0.545. The van der Waals surface area contributed by atoms with Gasteiger partial charge in [0.1, 0.15) is 18.1 Å². The molecule has 29 heavy (non-hydrogen) atoms. The Balaban J connectivity index is 0. The third kappa shape index (κ3) is 11.0. The first-order valence-corrected chi connectivity index (χ1v) is 10.4. The Kier molecular flexibility index (Phi) is 18.3. The molecular formula is C22H38N4O3. The Bertz CT molecular complexity index is 609. The molecule has 7 heteroatoms. The Hall–Kier alpha value is -2.70. The molecule has 0 radical (unpaired) electrons. The third-order valence-electron chi connectivity index (χ3n) is 3.34. The van der Waals surface area contributed by atoms with Gasteiger partial charge >= 0.3 is 0 Å². The molecule has 2 N–H and O–H groups in total. The van der Waals surface area contributed by atoms with E-state index in [2.05, 4.69) is 10.1 Å². The third-order valence-corrected chi connectivity index (χ3v) is 3.34. The lowest BCUT2D eigenvalue weighted by Gasteiger charge is -2.20. The van der Waals surface area contributed by atoms with Crippen molar-refractivity contribution in [3.8, 4) is 5.75 Å². The molecular weight excluding hydrogens is 368 g/mol. The number of hydrogen-bond donors (Lipinski definition) is 1. The molecule has 0 saturated heterocycles.